The number of ether oxygens (including phenoxy) is 1. The quantitative estimate of drug-likeness (QED) is 0.739. The first kappa shape index (κ1) is 12.1. The molecule has 84 valence electrons. The number of nitrogens with zero attached hydrogens (tertiary/aromatic N) is 1. The molecule has 1 aromatic rings. The molecular formula is C13H21NO. The van der Waals surface area contributed by atoms with Gasteiger partial charge in [0.25, 0.3) is 0 Å². The zero-order valence-electron chi connectivity index (χ0n) is 9.94. The molecule has 0 aliphatic carbocycles. The average Bonchev–Trinajstić information content (AvgIpc) is 2.68. The van der Waals surface area contributed by atoms with E-state index < -0.39 is 0 Å². The smallest absolute Gasteiger partial charge is 0.119 e. The first-order chi connectivity index (χ1) is 7.34. The Morgan fingerprint density at radius 1 is 1.20 bits per heavy atom. The van der Waals surface area contributed by atoms with E-state index in [1.54, 1.807) is 0 Å². The number of hydrogen-bond donors (Lipinski definition) is 0. The van der Waals surface area contributed by atoms with Gasteiger partial charge in [-0.05, 0) is 25.6 Å². The second-order valence-electron chi connectivity index (χ2n) is 3.60. The topological polar surface area (TPSA) is 12.5 Å². The first-order valence-corrected chi connectivity index (χ1v) is 5.75. The SMILES string of the molecule is CC.CN1CCC(Oc2ccccc2)C1. The van der Waals surface area contributed by atoms with E-state index in [0.29, 0.717) is 6.10 Å². The van der Waals surface area contributed by atoms with Crippen LogP contribution in [0.4, 0.5) is 0 Å². The average molecular weight is 207 g/mol. The molecule has 1 unspecified atom stereocenters. The van der Waals surface area contributed by atoms with Crippen molar-refractivity contribution in [3.8, 4) is 5.75 Å². The summed E-state index contributed by atoms with van der Waals surface area (Å²) in [5, 5.41) is 0. The highest BCUT2D eigenvalue weighted by atomic mass is 16.5. The minimum absolute atomic E-state index is 0.382. The summed E-state index contributed by atoms with van der Waals surface area (Å²) in [6.07, 6.45) is 1.53. The van der Waals surface area contributed by atoms with Gasteiger partial charge in [-0.3, -0.25) is 0 Å². The number of para-hydroxylation sites is 1. The summed E-state index contributed by atoms with van der Waals surface area (Å²) in [7, 11) is 2.13. The third-order valence-electron chi connectivity index (χ3n) is 2.39. The summed E-state index contributed by atoms with van der Waals surface area (Å²) in [4.78, 5) is 2.30. The van der Waals surface area contributed by atoms with Gasteiger partial charge in [-0.1, -0.05) is 32.0 Å². The number of likely N-dealkylation sites (tertiary alicyclic amines) is 1. The fourth-order valence-corrected chi connectivity index (χ4v) is 1.68. The van der Waals surface area contributed by atoms with Crippen LogP contribution in [-0.4, -0.2) is 31.1 Å². The van der Waals surface area contributed by atoms with Crippen molar-refractivity contribution in [2.24, 2.45) is 0 Å². The lowest BCUT2D eigenvalue weighted by molar-refractivity contribution is 0.208. The molecule has 0 N–H and O–H groups in total. The summed E-state index contributed by atoms with van der Waals surface area (Å²) in [6, 6.07) is 10.0. The Kier molecular flexibility index (Phi) is 5.19. The Morgan fingerprint density at radius 3 is 2.40 bits per heavy atom. The Hall–Kier alpha value is -1.02. The molecule has 0 radical (unpaired) electrons. The van der Waals surface area contributed by atoms with Gasteiger partial charge in [0.1, 0.15) is 11.9 Å². The Morgan fingerprint density at radius 2 is 1.87 bits per heavy atom. The molecule has 0 bridgehead atoms. The fourth-order valence-electron chi connectivity index (χ4n) is 1.68. The maximum absolute atomic E-state index is 5.80. The van der Waals surface area contributed by atoms with Crippen LogP contribution in [0.2, 0.25) is 0 Å². The van der Waals surface area contributed by atoms with Gasteiger partial charge in [0, 0.05) is 13.1 Å². The fraction of sp³-hybridized carbons (Fsp3) is 0.538. The van der Waals surface area contributed by atoms with Gasteiger partial charge < -0.3 is 9.64 Å². The molecule has 0 amide bonds. The molecule has 2 heteroatoms. The van der Waals surface area contributed by atoms with E-state index in [1.807, 2.05) is 44.2 Å². The number of likely N-dealkylation sites (N-methyl/N-ethyl adjacent to an activating group) is 1. The van der Waals surface area contributed by atoms with Gasteiger partial charge in [0.2, 0.25) is 0 Å². The van der Waals surface area contributed by atoms with E-state index >= 15 is 0 Å². The molecule has 1 fully saturated rings. The van der Waals surface area contributed by atoms with Crippen LogP contribution < -0.4 is 4.74 Å². The maximum Gasteiger partial charge on any atom is 0.119 e. The highest BCUT2D eigenvalue weighted by Crippen LogP contribution is 2.16. The van der Waals surface area contributed by atoms with E-state index in [0.717, 1.165) is 25.3 Å². The largest absolute Gasteiger partial charge is 0.489 e. The second-order valence-corrected chi connectivity index (χ2v) is 3.60. The molecule has 1 heterocycles. The van der Waals surface area contributed by atoms with Crippen LogP contribution in [0.1, 0.15) is 20.3 Å². The van der Waals surface area contributed by atoms with Crippen molar-refractivity contribution in [1.29, 1.82) is 0 Å². The Bertz CT molecular complexity index is 260. The normalized spacial score (nSPS) is 20.6. The second kappa shape index (κ2) is 6.46. The monoisotopic (exact) mass is 207 g/mol. The van der Waals surface area contributed by atoms with Crippen molar-refractivity contribution in [1.82, 2.24) is 4.90 Å². The van der Waals surface area contributed by atoms with Gasteiger partial charge in [-0.15, -0.1) is 0 Å². The third kappa shape index (κ3) is 3.92. The molecule has 2 nitrogen and oxygen atoms in total. The van der Waals surface area contributed by atoms with Crippen LogP contribution in [0.5, 0.6) is 5.75 Å². The standard InChI is InChI=1S/C11H15NO.C2H6/c1-12-8-7-11(9-12)13-10-5-3-2-4-6-10;1-2/h2-6,11H,7-9H2,1H3;1-2H3. The van der Waals surface area contributed by atoms with Crippen LogP contribution in [0.15, 0.2) is 30.3 Å². The molecule has 1 aromatic carbocycles. The molecule has 1 saturated heterocycles. The molecule has 15 heavy (non-hydrogen) atoms. The van der Waals surface area contributed by atoms with E-state index in [-0.39, 0.29) is 0 Å². The maximum atomic E-state index is 5.80. The lowest BCUT2D eigenvalue weighted by atomic mass is 10.3. The van der Waals surface area contributed by atoms with E-state index in [4.69, 9.17) is 4.74 Å². The predicted octanol–water partition coefficient (Wildman–Crippen LogP) is 2.80. The van der Waals surface area contributed by atoms with E-state index in [2.05, 4.69) is 11.9 Å². The first-order valence-electron chi connectivity index (χ1n) is 5.75. The van der Waals surface area contributed by atoms with E-state index in [1.165, 1.54) is 0 Å². The van der Waals surface area contributed by atoms with Crippen LogP contribution in [-0.2, 0) is 0 Å². The molecule has 1 aliphatic heterocycles. The third-order valence-corrected chi connectivity index (χ3v) is 2.39. The lowest BCUT2D eigenvalue weighted by Crippen LogP contribution is -2.21. The zero-order chi connectivity index (χ0) is 11.1. The molecule has 0 aromatic heterocycles. The molecule has 1 atom stereocenters. The summed E-state index contributed by atoms with van der Waals surface area (Å²) >= 11 is 0. The van der Waals surface area contributed by atoms with Gasteiger partial charge >= 0.3 is 0 Å². The number of rotatable bonds is 2. The van der Waals surface area contributed by atoms with E-state index in [9.17, 15) is 0 Å². The summed E-state index contributed by atoms with van der Waals surface area (Å²) in [5.41, 5.74) is 0. The molecule has 0 saturated carbocycles. The highest BCUT2D eigenvalue weighted by Gasteiger charge is 2.20. The van der Waals surface area contributed by atoms with Crippen LogP contribution in [0.25, 0.3) is 0 Å². The Labute approximate surface area is 92.9 Å². The minimum Gasteiger partial charge on any atom is -0.489 e. The molecule has 2 rings (SSSR count). The minimum atomic E-state index is 0.382. The van der Waals surface area contributed by atoms with Crippen molar-refractivity contribution in [3.63, 3.8) is 0 Å². The zero-order valence-corrected chi connectivity index (χ0v) is 9.94. The van der Waals surface area contributed by atoms with Gasteiger partial charge in [0.05, 0.1) is 0 Å². The summed E-state index contributed by atoms with van der Waals surface area (Å²) in [6.45, 7) is 6.20. The van der Waals surface area contributed by atoms with Gasteiger partial charge in [-0.2, -0.15) is 0 Å². The van der Waals surface area contributed by atoms with Crippen molar-refractivity contribution in [2.75, 3.05) is 20.1 Å². The van der Waals surface area contributed by atoms with Gasteiger partial charge in [-0.25, -0.2) is 0 Å². The van der Waals surface area contributed by atoms with Crippen LogP contribution in [0.3, 0.4) is 0 Å². The highest BCUT2D eigenvalue weighted by molar-refractivity contribution is 5.21. The van der Waals surface area contributed by atoms with Crippen LogP contribution >= 0.6 is 0 Å². The molecule has 1 aliphatic rings. The summed E-state index contributed by atoms with van der Waals surface area (Å²) in [5.74, 6) is 0.989. The Balaban J connectivity index is 0.000000531. The predicted molar refractivity (Wildman–Crippen MR) is 64.3 cm³/mol. The number of hydrogen-bond acceptors (Lipinski definition) is 2. The van der Waals surface area contributed by atoms with Crippen molar-refractivity contribution in [3.05, 3.63) is 30.3 Å². The van der Waals surface area contributed by atoms with Crippen molar-refractivity contribution in [2.45, 2.75) is 26.4 Å². The van der Waals surface area contributed by atoms with Crippen molar-refractivity contribution >= 4 is 0 Å². The lowest BCUT2D eigenvalue weighted by Gasteiger charge is -2.13. The summed E-state index contributed by atoms with van der Waals surface area (Å²) < 4.78 is 5.80. The van der Waals surface area contributed by atoms with Crippen LogP contribution in [0, 0.1) is 0 Å². The number of benzene rings is 1. The van der Waals surface area contributed by atoms with Gasteiger partial charge in [0.15, 0.2) is 0 Å². The van der Waals surface area contributed by atoms with Crippen molar-refractivity contribution < 1.29 is 4.74 Å². The molecule has 0 spiro atoms. The molecular weight excluding hydrogens is 186 g/mol.